The van der Waals surface area contributed by atoms with Crippen molar-refractivity contribution in [2.45, 2.75) is 0 Å². The summed E-state index contributed by atoms with van der Waals surface area (Å²) in [5.74, 6) is -0.0378. The zero-order valence-corrected chi connectivity index (χ0v) is 8.78. The van der Waals surface area contributed by atoms with Crippen LogP contribution in [0, 0.1) is 0 Å². The summed E-state index contributed by atoms with van der Waals surface area (Å²) in [7, 11) is 0. The van der Waals surface area contributed by atoms with E-state index in [2.05, 4.69) is 6.58 Å². The van der Waals surface area contributed by atoms with Crippen LogP contribution in [-0.2, 0) is 0 Å². The Hall–Kier alpha value is -0.730. The lowest BCUT2D eigenvalue weighted by Crippen LogP contribution is -1.98. The molecule has 3 heteroatoms. The third-order valence-electron chi connectivity index (χ3n) is 1.61. The second-order valence-corrected chi connectivity index (χ2v) is 3.80. The fraction of sp³-hybridized carbons (Fsp3) is 0.100. The van der Waals surface area contributed by atoms with Crippen molar-refractivity contribution in [3.63, 3.8) is 0 Å². The quantitative estimate of drug-likeness (QED) is 0.564. The van der Waals surface area contributed by atoms with Crippen LogP contribution in [0.2, 0.25) is 5.02 Å². The lowest BCUT2D eigenvalue weighted by Gasteiger charge is -2.00. The summed E-state index contributed by atoms with van der Waals surface area (Å²) >= 11 is 7.05. The average molecular weight is 213 g/mol. The number of ketones is 1. The van der Waals surface area contributed by atoms with Crippen LogP contribution >= 0.6 is 23.4 Å². The molecule has 68 valence electrons. The van der Waals surface area contributed by atoms with Gasteiger partial charge in [-0.15, -0.1) is 11.8 Å². The first-order chi connectivity index (χ1) is 6.15. The molecule has 0 amide bonds. The Morgan fingerprint density at radius 3 is 2.38 bits per heavy atom. The summed E-state index contributed by atoms with van der Waals surface area (Å²) in [6, 6.07) is 6.79. The molecular formula is C10H9ClOS. The molecule has 0 aliphatic carbocycles. The largest absolute Gasteiger partial charge is 0.288 e. The van der Waals surface area contributed by atoms with Crippen LogP contribution in [0.25, 0.3) is 0 Å². The van der Waals surface area contributed by atoms with Gasteiger partial charge >= 0.3 is 0 Å². The van der Waals surface area contributed by atoms with Crippen LogP contribution in [0.4, 0.5) is 0 Å². The predicted molar refractivity (Wildman–Crippen MR) is 58.4 cm³/mol. The van der Waals surface area contributed by atoms with Gasteiger partial charge in [0.05, 0.1) is 0 Å². The molecule has 0 heterocycles. The number of hydrogen-bond acceptors (Lipinski definition) is 2. The molecule has 0 atom stereocenters. The first-order valence-corrected chi connectivity index (χ1v) is 5.28. The number of carbonyl (C=O) groups is 1. The van der Waals surface area contributed by atoms with Gasteiger partial charge in [0.15, 0.2) is 5.78 Å². The van der Waals surface area contributed by atoms with E-state index in [0.29, 0.717) is 15.5 Å². The third-order valence-corrected chi connectivity index (χ3v) is 2.54. The van der Waals surface area contributed by atoms with Gasteiger partial charge in [0, 0.05) is 15.5 Å². The number of carbonyl (C=O) groups excluding carboxylic acids is 1. The highest BCUT2D eigenvalue weighted by Crippen LogP contribution is 2.17. The van der Waals surface area contributed by atoms with E-state index in [9.17, 15) is 4.79 Å². The molecule has 0 unspecified atom stereocenters. The van der Waals surface area contributed by atoms with Crippen LogP contribution < -0.4 is 0 Å². The topological polar surface area (TPSA) is 17.1 Å². The molecule has 1 aromatic carbocycles. The zero-order chi connectivity index (χ0) is 9.84. The molecule has 0 fully saturated rings. The van der Waals surface area contributed by atoms with Crippen molar-refractivity contribution in [1.82, 2.24) is 0 Å². The minimum atomic E-state index is -0.0378. The monoisotopic (exact) mass is 212 g/mol. The minimum absolute atomic E-state index is 0.0378. The van der Waals surface area contributed by atoms with Crippen molar-refractivity contribution in [3.05, 3.63) is 46.3 Å². The highest BCUT2D eigenvalue weighted by Gasteiger charge is 2.08. The summed E-state index contributed by atoms with van der Waals surface area (Å²) in [5, 5.41) is 0.631. The second-order valence-electron chi connectivity index (χ2n) is 2.46. The van der Waals surface area contributed by atoms with Crippen molar-refractivity contribution in [2.24, 2.45) is 0 Å². The normalized spacial score (nSPS) is 9.69. The number of hydrogen-bond donors (Lipinski definition) is 0. The Bertz CT molecular complexity index is 329. The standard InChI is InChI=1S/C10H9ClOS/c1-7(13-2)10(12)8-3-5-9(11)6-4-8/h3-6H,1H2,2H3. The highest BCUT2D eigenvalue weighted by molar-refractivity contribution is 8.03. The molecule has 1 aromatic rings. The summed E-state index contributed by atoms with van der Waals surface area (Å²) < 4.78 is 0. The highest BCUT2D eigenvalue weighted by atomic mass is 35.5. The van der Waals surface area contributed by atoms with Gasteiger partial charge in [-0.1, -0.05) is 18.2 Å². The van der Waals surface area contributed by atoms with Crippen molar-refractivity contribution < 1.29 is 4.79 Å². The fourth-order valence-corrected chi connectivity index (χ4v) is 1.28. The van der Waals surface area contributed by atoms with Gasteiger partial charge in [-0.25, -0.2) is 0 Å². The molecule has 0 aliphatic rings. The molecule has 13 heavy (non-hydrogen) atoms. The predicted octanol–water partition coefficient (Wildman–Crippen LogP) is 3.40. The molecule has 0 spiro atoms. The number of allylic oxidation sites excluding steroid dienone is 1. The molecule has 0 saturated carbocycles. The van der Waals surface area contributed by atoms with E-state index in [-0.39, 0.29) is 5.78 Å². The van der Waals surface area contributed by atoms with E-state index in [1.165, 1.54) is 11.8 Å². The Morgan fingerprint density at radius 1 is 1.38 bits per heavy atom. The maximum atomic E-state index is 11.5. The van der Waals surface area contributed by atoms with E-state index in [0.717, 1.165) is 0 Å². The average Bonchev–Trinajstić information content (AvgIpc) is 2.17. The van der Waals surface area contributed by atoms with Crippen LogP contribution in [0.15, 0.2) is 35.7 Å². The number of benzene rings is 1. The van der Waals surface area contributed by atoms with Crippen LogP contribution in [0.5, 0.6) is 0 Å². The van der Waals surface area contributed by atoms with Gasteiger partial charge in [0.1, 0.15) is 0 Å². The molecule has 0 saturated heterocycles. The lowest BCUT2D eigenvalue weighted by atomic mass is 10.1. The SMILES string of the molecule is C=C(SC)C(=O)c1ccc(Cl)cc1. The van der Waals surface area contributed by atoms with Crippen LogP contribution in [-0.4, -0.2) is 12.0 Å². The number of Topliss-reactive ketones (excluding diaryl/α,β-unsaturated/α-hetero) is 1. The van der Waals surface area contributed by atoms with E-state index in [1.807, 2.05) is 6.26 Å². The Balaban J connectivity index is 2.90. The van der Waals surface area contributed by atoms with E-state index in [1.54, 1.807) is 24.3 Å². The number of halogens is 1. The van der Waals surface area contributed by atoms with E-state index in [4.69, 9.17) is 11.6 Å². The summed E-state index contributed by atoms with van der Waals surface area (Å²) in [4.78, 5) is 12.1. The smallest absolute Gasteiger partial charge is 0.198 e. The summed E-state index contributed by atoms with van der Waals surface area (Å²) in [6.45, 7) is 3.65. The third kappa shape index (κ3) is 2.61. The molecule has 0 N–H and O–H groups in total. The minimum Gasteiger partial charge on any atom is -0.288 e. The summed E-state index contributed by atoms with van der Waals surface area (Å²) in [6.07, 6.45) is 1.83. The lowest BCUT2D eigenvalue weighted by molar-refractivity contribution is 0.104. The molecule has 0 aromatic heterocycles. The summed E-state index contributed by atoms with van der Waals surface area (Å²) in [5.41, 5.74) is 0.628. The molecule has 0 bridgehead atoms. The van der Waals surface area contributed by atoms with Gasteiger partial charge in [-0.2, -0.15) is 0 Å². The van der Waals surface area contributed by atoms with E-state index < -0.39 is 0 Å². The second kappa shape index (κ2) is 4.49. The van der Waals surface area contributed by atoms with Crippen LogP contribution in [0.3, 0.4) is 0 Å². The fourth-order valence-electron chi connectivity index (χ4n) is 0.855. The van der Waals surface area contributed by atoms with Crippen molar-refractivity contribution in [1.29, 1.82) is 0 Å². The van der Waals surface area contributed by atoms with E-state index >= 15 is 0 Å². The van der Waals surface area contributed by atoms with Crippen LogP contribution in [0.1, 0.15) is 10.4 Å². The molecule has 1 rings (SSSR count). The van der Waals surface area contributed by atoms with Gasteiger partial charge in [-0.05, 0) is 30.5 Å². The maximum Gasteiger partial charge on any atom is 0.198 e. The Kier molecular flexibility index (Phi) is 3.58. The first-order valence-electron chi connectivity index (χ1n) is 3.68. The van der Waals surface area contributed by atoms with Gasteiger partial charge < -0.3 is 0 Å². The molecule has 1 nitrogen and oxygen atoms in total. The maximum absolute atomic E-state index is 11.5. The Morgan fingerprint density at radius 2 is 1.92 bits per heavy atom. The number of rotatable bonds is 3. The van der Waals surface area contributed by atoms with Gasteiger partial charge in [-0.3, -0.25) is 4.79 Å². The van der Waals surface area contributed by atoms with Crippen molar-refractivity contribution in [2.75, 3.05) is 6.26 Å². The van der Waals surface area contributed by atoms with Gasteiger partial charge in [0.25, 0.3) is 0 Å². The van der Waals surface area contributed by atoms with Gasteiger partial charge in [0.2, 0.25) is 0 Å². The molecular weight excluding hydrogens is 204 g/mol. The van der Waals surface area contributed by atoms with Crippen molar-refractivity contribution in [3.8, 4) is 0 Å². The van der Waals surface area contributed by atoms with Crippen molar-refractivity contribution >= 4 is 29.1 Å². The zero-order valence-electron chi connectivity index (χ0n) is 7.21. The number of thioether (sulfide) groups is 1. The molecule has 0 radical (unpaired) electrons. The Labute approximate surface area is 86.8 Å². The first kappa shape index (κ1) is 10.4. The molecule has 0 aliphatic heterocycles.